The highest BCUT2D eigenvalue weighted by Gasteiger charge is 2.28. The van der Waals surface area contributed by atoms with Gasteiger partial charge in [-0.25, -0.2) is 4.98 Å². The third-order valence-electron chi connectivity index (χ3n) is 3.92. The maximum Gasteiger partial charge on any atom is 0.422 e. The maximum atomic E-state index is 12.4. The van der Waals surface area contributed by atoms with E-state index in [1.807, 2.05) is 36.4 Å². The van der Waals surface area contributed by atoms with E-state index in [-0.39, 0.29) is 5.75 Å². The standard InChI is InChI=1S/C22H18F3NO2/c1-2-17-12-18(8-10-20(17)28-15-22(23,24)25)19-9-11-21(26-13-19)27-14-16-6-4-3-5-7-16/h2-13H,1,14-15H2. The molecule has 0 spiro atoms. The molecule has 0 aliphatic rings. The minimum Gasteiger partial charge on any atom is -0.484 e. The smallest absolute Gasteiger partial charge is 0.422 e. The molecule has 3 nitrogen and oxygen atoms in total. The van der Waals surface area contributed by atoms with Crippen molar-refractivity contribution < 1.29 is 22.6 Å². The molecule has 0 bridgehead atoms. The van der Waals surface area contributed by atoms with E-state index in [2.05, 4.69) is 11.6 Å². The van der Waals surface area contributed by atoms with Gasteiger partial charge in [-0.1, -0.05) is 49.1 Å². The average molecular weight is 385 g/mol. The molecule has 0 aliphatic heterocycles. The Bertz CT molecular complexity index is 923. The minimum absolute atomic E-state index is 0.131. The molecule has 144 valence electrons. The lowest BCUT2D eigenvalue weighted by atomic mass is 10.0. The highest BCUT2D eigenvalue weighted by molar-refractivity contribution is 5.69. The third-order valence-corrected chi connectivity index (χ3v) is 3.92. The maximum absolute atomic E-state index is 12.4. The summed E-state index contributed by atoms with van der Waals surface area (Å²) in [4.78, 5) is 4.29. The summed E-state index contributed by atoms with van der Waals surface area (Å²) in [6, 6.07) is 18.2. The zero-order chi connectivity index (χ0) is 20.0. The fourth-order valence-electron chi connectivity index (χ4n) is 2.55. The Kier molecular flexibility index (Phi) is 5.99. The van der Waals surface area contributed by atoms with E-state index in [0.29, 0.717) is 18.1 Å². The number of aromatic nitrogens is 1. The van der Waals surface area contributed by atoms with E-state index in [4.69, 9.17) is 9.47 Å². The van der Waals surface area contributed by atoms with E-state index in [1.165, 1.54) is 12.1 Å². The van der Waals surface area contributed by atoms with Gasteiger partial charge in [-0.3, -0.25) is 0 Å². The fourth-order valence-corrected chi connectivity index (χ4v) is 2.55. The monoisotopic (exact) mass is 385 g/mol. The second kappa shape index (κ2) is 8.61. The first kappa shape index (κ1) is 19.5. The summed E-state index contributed by atoms with van der Waals surface area (Å²) in [5, 5.41) is 0. The van der Waals surface area contributed by atoms with Crippen molar-refractivity contribution in [3.05, 3.63) is 84.6 Å². The van der Waals surface area contributed by atoms with Crippen LogP contribution >= 0.6 is 0 Å². The van der Waals surface area contributed by atoms with E-state index < -0.39 is 12.8 Å². The number of alkyl halides is 3. The van der Waals surface area contributed by atoms with Crippen LogP contribution in [0.3, 0.4) is 0 Å². The molecule has 3 rings (SSSR count). The Morgan fingerprint density at radius 2 is 1.68 bits per heavy atom. The van der Waals surface area contributed by atoms with Crippen molar-refractivity contribution in [1.29, 1.82) is 0 Å². The van der Waals surface area contributed by atoms with E-state index in [1.54, 1.807) is 24.4 Å². The lowest BCUT2D eigenvalue weighted by Crippen LogP contribution is -2.19. The van der Waals surface area contributed by atoms with Gasteiger partial charge in [0.25, 0.3) is 0 Å². The molecule has 1 aromatic heterocycles. The molecule has 28 heavy (non-hydrogen) atoms. The van der Waals surface area contributed by atoms with Crippen molar-refractivity contribution in [3.8, 4) is 22.8 Å². The zero-order valence-electron chi connectivity index (χ0n) is 14.9. The predicted octanol–water partition coefficient (Wildman–Crippen LogP) is 5.91. The second-order valence-electron chi connectivity index (χ2n) is 6.02. The van der Waals surface area contributed by atoms with Gasteiger partial charge in [-0.2, -0.15) is 13.2 Å². The number of pyridine rings is 1. The highest BCUT2D eigenvalue weighted by atomic mass is 19.4. The van der Waals surface area contributed by atoms with Crippen LogP contribution in [0.15, 0.2) is 73.4 Å². The van der Waals surface area contributed by atoms with Gasteiger partial charge in [-0.05, 0) is 29.3 Å². The first-order chi connectivity index (χ1) is 13.4. The third kappa shape index (κ3) is 5.36. The molecule has 6 heteroatoms. The molecule has 0 aliphatic carbocycles. The van der Waals surface area contributed by atoms with Crippen LogP contribution in [0.25, 0.3) is 17.2 Å². The molecule has 0 radical (unpaired) electrons. The van der Waals surface area contributed by atoms with Gasteiger partial charge in [0.1, 0.15) is 12.4 Å². The quantitative estimate of drug-likeness (QED) is 0.507. The van der Waals surface area contributed by atoms with Gasteiger partial charge >= 0.3 is 6.18 Å². The SMILES string of the molecule is C=Cc1cc(-c2ccc(OCc3ccccc3)nc2)ccc1OCC(F)(F)F. The van der Waals surface area contributed by atoms with Crippen LogP contribution in [0.1, 0.15) is 11.1 Å². The molecule has 2 aromatic carbocycles. The highest BCUT2D eigenvalue weighted by Crippen LogP contribution is 2.29. The van der Waals surface area contributed by atoms with E-state index in [9.17, 15) is 13.2 Å². The summed E-state index contributed by atoms with van der Waals surface area (Å²) < 4.78 is 47.6. The van der Waals surface area contributed by atoms with Crippen molar-refractivity contribution in [2.75, 3.05) is 6.61 Å². The summed E-state index contributed by atoms with van der Waals surface area (Å²) in [5.41, 5.74) is 3.11. The summed E-state index contributed by atoms with van der Waals surface area (Å²) in [7, 11) is 0. The Hall–Kier alpha value is -3.28. The minimum atomic E-state index is -4.39. The van der Waals surface area contributed by atoms with E-state index in [0.717, 1.165) is 16.7 Å². The average Bonchev–Trinajstić information content (AvgIpc) is 2.71. The van der Waals surface area contributed by atoms with Crippen LogP contribution in [-0.4, -0.2) is 17.8 Å². The number of hydrogen-bond acceptors (Lipinski definition) is 3. The van der Waals surface area contributed by atoms with Crippen molar-refractivity contribution >= 4 is 6.08 Å². The topological polar surface area (TPSA) is 31.4 Å². The lowest BCUT2D eigenvalue weighted by molar-refractivity contribution is -0.153. The number of benzene rings is 2. The Morgan fingerprint density at radius 3 is 2.32 bits per heavy atom. The lowest BCUT2D eigenvalue weighted by Gasteiger charge is -2.13. The van der Waals surface area contributed by atoms with Crippen LogP contribution in [-0.2, 0) is 6.61 Å². The van der Waals surface area contributed by atoms with Crippen LogP contribution in [0.5, 0.6) is 11.6 Å². The van der Waals surface area contributed by atoms with Gasteiger partial charge in [0.2, 0.25) is 5.88 Å². The summed E-state index contributed by atoms with van der Waals surface area (Å²) in [5.74, 6) is 0.619. The molecule has 0 saturated carbocycles. The molecule has 0 fully saturated rings. The number of ether oxygens (including phenoxy) is 2. The molecular formula is C22H18F3NO2. The number of hydrogen-bond donors (Lipinski definition) is 0. The van der Waals surface area contributed by atoms with Crippen LogP contribution in [0.4, 0.5) is 13.2 Å². The Labute approximate surface area is 161 Å². The largest absolute Gasteiger partial charge is 0.484 e. The van der Waals surface area contributed by atoms with Crippen LogP contribution < -0.4 is 9.47 Å². The van der Waals surface area contributed by atoms with Gasteiger partial charge in [0, 0.05) is 23.4 Å². The van der Waals surface area contributed by atoms with Gasteiger partial charge in [0.15, 0.2) is 6.61 Å². The number of nitrogens with zero attached hydrogens (tertiary/aromatic N) is 1. The molecule has 3 aromatic rings. The summed E-state index contributed by atoms with van der Waals surface area (Å²) >= 11 is 0. The van der Waals surface area contributed by atoms with Crippen molar-refractivity contribution in [3.63, 3.8) is 0 Å². The first-order valence-electron chi connectivity index (χ1n) is 8.54. The predicted molar refractivity (Wildman–Crippen MR) is 102 cm³/mol. The molecule has 0 atom stereocenters. The fraction of sp³-hybridized carbons (Fsp3) is 0.136. The number of halogens is 3. The van der Waals surface area contributed by atoms with Crippen molar-refractivity contribution in [1.82, 2.24) is 4.98 Å². The molecule has 0 unspecified atom stereocenters. The van der Waals surface area contributed by atoms with Crippen LogP contribution in [0, 0.1) is 0 Å². The second-order valence-corrected chi connectivity index (χ2v) is 6.02. The molecular weight excluding hydrogens is 367 g/mol. The zero-order valence-corrected chi connectivity index (χ0v) is 14.9. The summed E-state index contributed by atoms with van der Waals surface area (Å²) in [6.07, 6.45) is -1.28. The Morgan fingerprint density at radius 1 is 0.929 bits per heavy atom. The number of rotatable bonds is 7. The Balaban J connectivity index is 1.70. The van der Waals surface area contributed by atoms with Crippen molar-refractivity contribution in [2.45, 2.75) is 12.8 Å². The molecule has 0 N–H and O–H groups in total. The summed E-state index contributed by atoms with van der Waals surface area (Å²) in [6.45, 7) is 2.71. The van der Waals surface area contributed by atoms with Gasteiger partial charge < -0.3 is 9.47 Å². The normalized spacial score (nSPS) is 11.1. The van der Waals surface area contributed by atoms with Gasteiger partial charge in [-0.15, -0.1) is 0 Å². The van der Waals surface area contributed by atoms with E-state index >= 15 is 0 Å². The molecule has 1 heterocycles. The first-order valence-corrected chi connectivity index (χ1v) is 8.54. The molecule has 0 saturated heterocycles. The van der Waals surface area contributed by atoms with Crippen LogP contribution in [0.2, 0.25) is 0 Å². The van der Waals surface area contributed by atoms with Crippen molar-refractivity contribution in [2.24, 2.45) is 0 Å². The van der Waals surface area contributed by atoms with Gasteiger partial charge in [0.05, 0.1) is 0 Å². The molecule has 0 amide bonds.